The van der Waals surface area contributed by atoms with Crippen LogP contribution in [-0.2, 0) is 0 Å². The van der Waals surface area contributed by atoms with Crippen molar-refractivity contribution in [1.29, 1.82) is 0 Å². The summed E-state index contributed by atoms with van der Waals surface area (Å²) in [5, 5.41) is 1.26. The molecule has 1 aromatic heterocycles. The van der Waals surface area contributed by atoms with Crippen molar-refractivity contribution < 1.29 is 0 Å². The van der Waals surface area contributed by atoms with E-state index in [2.05, 4.69) is 4.98 Å². The smallest absolute Gasteiger partial charge is 0.147 e. The predicted octanol–water partition coefficient (Wildman–Crippen LogP) is 3.35. The summed E-state index contributed by atoms with van der Waals surface area (Å²) in [4.78, 5) is 3.74. The second-order valence-electron chi connectivity index (χ2n) is 1.84. The van der Waals surface area contributed by atoms with Crippen molar-refractivity contribution in [3.63, 3.8) is 0 Å². The van der Waals surface area contributed by atoms with Crippen LogP contribution in [0.5, 0.6) is 0 Å². The van der Waals surface area contributed by atoms with E-state index in [0.717, 1.165) is 5.56 Å². The Bertz CT molecular complexity index is 232. The first-order valence-electron chi connectivity index (χ1n) is 2.59. The molecule has 0 amide bonds. The molecule has 0 bridgehead atoms. The van der Waals surface area contributed by atoms with Crippen LogP contribution < -0.4 is 0 Å². The summed E-state index contributed by atoms with van der Waals surface area (Å²) >= 11 is 17.0. The molecule has 0 aromatic carbocycles. The number of halogens is 3. The third-order valence-corrected chi connectivity index (χ3v) is 2.39. The topological polar surface area (TPSA) is 12.9 Å². The van der Waals surface area contributed by atoms with Gasteiger partial charge in [0.05, 0.1) is 10.0 Å². The predicted molar refractivity (Wildman–Crippen MR) is 44.0 cm³/mol. The SMILES string of the molecule is Cc1c(Cl)cnc(Cl)c1Cl. The number of hydrogen-bond donors (Lipinski definition) is 0. The van der Waals surface area contributed by atoms with Crippen LogP contribution >= 0.6 is 34.8 Å². The van der Waals surface area contributed by atoms with E-state index in [1.165, 1.54) is 6.20 Å². The minimum absolute atomic E-state index is 0.295. The second-order valence-corrected chi connectivity index (χ2v) is 2.98. The van der Waals surface area contributed by atoms with E-state index >= 15 is 0 Å². The molecule has 0 aliphatic heterocycles. The van der Waals surface area contributed by atoms with Crippen molar-refractivity contribution >= 4 is 34.8 Å². The molecule has 4 heteroatoms. The van der Waals surface area contributed by atoms with Gasteiger partial charge in [0.15, 0.2) is 0 Å². The second kappa shape index (κ2) is 2.95. The first-order valence-corrected chi connectivity index (χ1v) is 3.72. The molecule has 54 valence electrons. The van der Waals surface area contributed by atoms with E-state index in [1.54, 1.807) is 6.92 Å². The molecule has 0 spiro atoms. The fraction of sp³-hybridized carbons (Fsp3) is 0.167. The monoisotopic (exact) mass is 195 g/mol. The van der Waals surface area contributed by atoms with E-state index < -0.39 is 0 Å². The highest BCUT2D eigenvalue weighted by molar-refractivity contribution is 6.43. The summed E-state index contributed by atoms with van der Waals surface area (Å²) < 4.78 is 0. The fourth-order valence-electron chi connectivity index (χ4n) is 0.526. The van der Waals surface area contributed by atoms with Gasteiger partial charge in [-0.15, -0.1) is 0 Å². The van der Waals surface area contributed by atoms with Crippen molar-refractivity contribution in [2.75, 3.05) is 0 Å². The molecule has 0 radical (unpaired) electrons. The Kier molecular flexibility index (Phi) is 2.40. The van der Waals surface area contributed by atoms with E-state index in [0.29, 0.717) is 15.2 Å². The molecule has 0 aliphatic rings. The van der Waals surface area contributed by atoms with Crippen molar-refractivity contribution in [1.82, 2.24) is 4.98 Å². The van der Waals surface area contributed by atoms with Crippen LogP contribution in [0, 0.1) is 6.92 Å². The van der Waals surface area contributed by atoms with Gasteiger partial charge >= 0.3 is 0 Å². The van der Waals surface area contributed by atoms with Gasteiger partial charge in [0.25, 0.3) is 0 Å². The molecule has 1 nitrogen and oxygen atoms in total. The molecule has 10 heavy (non-hydrogen) atoms. The van der Waals surface area contributed by atoms with Crippen LogP contribution in [-0.4, -0.2) is 4.98 Å². The van der Waals surface area contributed by atoms with Crippen molar-refractivity contribution in [2.24, 2.45) is 0 Å². The van der Waals surface area contributed by atoms with Gasteiger partial charge < -0.3 is 0 Å². The summed E-state index contributed by atoms with van der Waals surface area (Å²) in [6, 6.07) is 0. The highest BCUT2D eigenvalue weighted by Crippen LogP contribution is 2.27. The molecule has 1 rings (SSSR count). The molecular weight excluding hydrogens is 192 g/mol. The highest BCUT2D eigenvalue weighted by Gasteiger charge is 2.04. The van der Waals surface area contributed by atoms with Crippen LogP contribution in [0.2, 0.25) is 15.2 Å². The van der Waals surface area contributed by atoms with Gasteiger partial charge in [-0.25, -0.2) is 4.98 Å². The number of rotatable bonds is 0. The first-order chi connectivity index (χ1) is 4.63. The Hall–Kier alpha value is 0.0200. The maximum atomic E-state index is 5.70. The van der Waals surface area contributed by atoms with Crippen LogP contribution in [0.25, 0.3) is 0 Å². The maximum Gasteiger partial charge on any atom is 0.147 e. The average molecular weight is 196 g/mol. The van der Waals surface area contributed by atoms with E-state index in [4.69, 9.17) is 34.8 Å². The lowest BCUT2D eigenvalue weighted by Crippen LogP contribution is -1.82. The molecule has 0 saturated heterocycles. The van der Waals surface area contributed by atoms with E-state index in [9.17, 15) is 0 Å². The minimum Gasteiger partial charge on any atom is -0.241 e. The van der Waals surface area contributed by atoms with Gasteiger partial charge in [0, 0.05) is 6.20 Å². The third kappa shape index (κ3) is 1.36. The number of nitrogens with zero attached hydrogens (tertiary/aromatic N) is 1. The highest BCUT2D eigenvalue weighted by atomic mass is 35.5. The molecule has 0 N–H and O–H groups in total. The first kappa shape index (κ1) is 8.12. The van der Waals surface area contributed by atoms with Gasteiger partial charge in [-0.2, -0.15) is 0 Å². The summed E-state index contributed by atoms with van der Waals surface area (Å²) in [6.45, 7) is 1.79. The third-order valence-electron chi connectivity index (χ3n) is 1.16. The zero-order chi connectivity index (χ0) is 7.72. The Morgan fingerprint density at radius 1 is 1.30 bits per heavy atom. The number of hydrogen-bond acceptors (Lipinski definition) is 1. The minimum atomic E-state index is 0.295. The lowest BCUT2D eigenvalue weighted by atomic mass is 10.3. The zero-order valence-corrected chi connectivity index (χ0v) is 7.43. The van der Waals surface area contributed by atoms with Gasteiger partial charge in [-0.1, -0.05) is 34.8 Å². The normalized spacial score (nSPS) is 10.0. The van der Waals surface area contributed by atoms with Crippen molar-refractivity contribution in [3.05, 3.63) is 27.0 Å². The molecule has 1 heterocycles. The van der Waals surface area contributed by atoms with Gasteiger partial charge in [-0.05, 0) is 12.5 Å². The summed E-state index contributed by atoms with van der Waals surface area (Å²) in [6.07, 6.45) is 1.48. The van der Waals surface area contributed by atoms with Gasteiger partial charge in [0.1, 0.15) is 5.15 Å². The van der Waals surface area contributed by atoms with Crippen LogP contribution in [0.1, 0.15) is 5.56 Å². The molecule has 0 unspecified atom stereocenters. The summed E-state index contributed by atoms with van der Waals surface area (Å²) in [5.41, 5.74) is 0.767. The van der Waals surface area contributed by atoms with E-state index in [1.807, 2.05) is 0 Å². The quantitative estimate of drug-likeness (QED) is 0.580. The van der Waals surface area contributed by atoms with Gasteiger partial charge in [0.2, 0.25) is 0 Å². The Morgan fingerprint density at radius 2 is 1.90 bits per heavy atom. The lowest BCUT2D eigenvalue weighted by Gasteiger charge is -1.99. The zero-order valence-electron chi connectivity index (χ0n) is 5.16. The molecular formula is C6H4Cl3N. The van der Waals surface area contributed by atoms with Crippen LogP contribution in [0.4, 0.5) is 0 Å². The lowest BCUT2D eigenvalue weighted by molar-refractivity contribution is 1.29. The number of aromatic nitrogens is 1. The Balaban J connectivity index is 3.34. The van der Waals surface area contributed by atoms with Crippen LogP contribution in [0.15, 0.2) is 6.20 Å². The largest absolute Gasteiger partial charge is 0.241 e. The Morgan fingerprint density at radius 3 is 2.40 bits per heavy atom. The van der Waals surface area contributed by atoms with Gasteiger partial charge in [-0.3, -0.25) is 0 Å². The molecule has 0 fully saturated rings. The standard InChI is InChI=1S/C6H4Cl3N/c1-3-4(7)2-10-6(9)5(3)8/h2H,1H3. The average Bonchev–Trinajstić information content (AvgIpc) is 1.93. The van der Waals surface area contributed by atoms with E-state index in [-0.39, 0.29) is 0 Å². The maximum absolute atomic E-state index is 5.70. The molecule has 0 atom stereocenters. The molecule has 1 aromatic rings. The van der Waals surface area contributed by atoms with Crippen LogP contribution in [0.3, 0.4) is 0 Å². The fourth-order valence-corrected chi connectivity index (χ4v) is 1.06. The molecule has 0 saturated carbocycles. The molecule has 0 aliphatic carbocycles. The number of pyridine rings is 1. The summed E-state index contributed by atoms with van der Waals surface area (Å²) in [5.74, 6) is 0. The van der Waals surface area contributed by atoms with Crippen molar-refractivity contribution in [3.8, 4) is 0 Å². The Labute approximate surface area is 73.9 Å². The summed E-state index contributed by atoms with van der Waals surface area (Å²) in [7, 11) is 0. The van der Waals surface area contributed by atoms with Crippen molar-refractivity contribution in [2.45, 2.75) is 6.92 Å².